The summed E-state index contributed by atoms with van der Waals surface area (Å²) in [5.74, 6) is -0.884. The summed E-state index contributed by atoms with van der Waals surface area (Å²) in [5.41, 5.74) is 2.91. The SMILES string of the molecule is Cc1cc(C)c2c(C)c(C(=O)N3CCN(S(=O)(=O)c4ccccc4F)CC3)sc2n1. The van der Waals surface area contributed by atoms with E-state index >= 15 is 0 Å². The smallest absolute Gasteiger partial charge is 0.264 e. The van der Waals surface area contributed by atoms with E-state index in [4.69, 9.17) is 0 Å². The molecule has 158 valence electrons. The highest BCUT2D eigenvalue weighted by Gasteiger charge is 2.33. The average Bonchev–Trinajstić information content (AvgIpc) is 3.04. The van der Waals surface area contributed by atoms with E-state index in [1.54, 1.807) is 4.90 Å². The van der Waals surface area contributed by atoms with Crippen molar-refractivity contribution in [3.05, 3.63) is 57.8 Å². The summed E-state index contributed by atoms with van der Waals surface area (Å²) in [6, 6.07) is 7.35. The monoisotopic (exact) mass is 447 g/mol. The summed E-state index contributed by atoms with van der Waals surface area (Å²) in [4.78, 5) is 20.5. The molecule has 9 heteroatoms. The molecule has 0 unspecified atom stereocenters. The third kappa shape index (κ3) is 3.51. The number of aromatic nitrogens is 1. The van der Waals surface area contributed by atoms with Gasteiger partial charge in [0.05, 0.1) is 4.88 Å². The Morgan fingerprint density at radius 3 is 2.43 bits per heavy atom. The number of aryl methyl sites for hydroxylation is 3. The van der Waals surface area contributed by atoms with Crippen LogP contribution in [0.5, 0.6) is 0 Å². The molecule has 1 amide bonds. The number of carbonyl (C=O) groups excluding carboxylic acids is 1. The molecule has 1 saturated heterocycles. The molecular formula is C21H22FN3O3S2. The van der Waals surface area contributed by atoms with Gasteiger partial charge in [-0.15, -0.1) is 11.3 Å². The van der Waals surface area contributed by atoms with Crippen LogP contribution in [0.4, 0.5) is 4.39 Å². The zero-order valence-electron chi connectivity index (χ0n) is 17.0. The van der Waals surface area contributed by atoms with Crippen molar-refractivity contribution in [1.82, 2.24) is 14.2 Å². The summed E-state index contributed by atoms with van der Waals surface area (Å²) in [5, 5.41) is 1.01. The van der Waals surface area contributed by atoms with Gasteiger partial charge in [0.2, 0.25) is 10.0 Å². The Labute approximate surface area is 179 Å². The summed E-state index contributed by atoms with van der Waals surface area (Å²) < 4.78 is 40.8. The van der Waals surface area contributed by atoms with Crippen molar-refractivity contribution in [2.75, 3.05) is 26.2 Å². The Balaban J connectivity index is 1.54. The molecule has 0 atom stereocenters. The van der Waals surface area contributed by atoms with Gasteiger partial charge >= 0.3 is 0 Å². The summed E-state index contributed by atoms with van der Waals surface area (Å²) in [6.07, 6.45) is 0. The molecule has 3 aromatic rings. The number of hydrogen-bond donors (Lipinski definition) is 0. The van der Waals surface area contributed by atoms with Crippen molar-refractivity contribution in [3.63, 3.8) is 0 Å². The van der Waals surface area contributed by atoms with Gasteiger partial charge < -0.3 is 4.90 Å². The van der Waals surface area contributed by atoms with Crippen LogP contribution in [-0.4, -0.2) is 54.7 Å². The number of piperazine rings is 1. The van der Waals surface area contributed by atoms with E-state index in [2.05, 4.69) is 4.98 Å². The molecular weight excluding hydrogens is 425 g/mol. The third-order valence-corrected chi connectivity index (χ3v) is 8.51. The van der Waals surface area contributed by atoms with Gasteiger partial charge in [-0.1, -0.05) is 12.1 Å². The fourth-order valence-corrected chi connectivity index (χ4v) is 6.65. The third-order valence-electron chi connectivity index (χ3n) is 5.40. The maximum atomic E-state index is 14.0. The van der Waals surface area contributed by atoms with E-state index in [9.17, 15) is 17.6 Å². The molecule has 30 heavy (non-hydrogen) atoms. The molecule has 3 heterocycles. The van der Waals surface area contributed by atoms with Crippen molar-refractivity contribution < 1.29 is 17.6 Å². The predicted molar refractivity (Wildman–Crippen MR) is 115 cm³/mol. The Hall–Kier alpha value is -2.36. The molecule has 0 N–H and O–H groups in total. The lowest BCUT2D eigenvalue weighted by atomic mass is 10.1. The summed E-state index contributed by atoms with van der Waals surface area (Å²) in [7, 11) is -3.93. The molecule has 1 fully saturated rings. The minimum Gasteiger partial charge on any atom is -0.335 e. The topological polar surface area (TPSA) is 70.6 Å². The first-order chi connectivity index (χ1) is 14.2. The molecule has 0 aliphatic carbocycles. The maximum Gasteiger partial charge on any atom is 0.264 e. The second-order valence-corrected chi connectivity index (χ2v) is 10.3. The van der Waals surface area contributed by atoms with Crippen molar-refractivity contribution in [2.24, 2.45) is 0 Å². The van der Waals surface area contributed by atoms with E-state index in [1.807, 2.05) is 26.8 Å². The van der Waals surface area contributed by atoms with Gasteiger partial charge in [-0.05, 0) is 50.1 Å². The zero-order chi connectivity index (χ0) is 21.6. The van der Waals surface area contributed by atoms with Gasteiger partial charge in [-0.2, -0.15) is 4.31 Å². The number of amides is 1. The van der Waals surface area contributed by atoms with Gasteiger partial charge in [0, 0.05) is 37.3 Å². The number of benzene rings is 1. The van der Waals surface area contributed by atoms with Crippen molar-refractivity contribution in [1.29, 1.82) is 0 Å². The quantitative estimate of drug-likeness (QED) is 0.616. The summed E-state index contributed by atoms with van der Waals surface area (Å²) >= 11 is 1.38. The van der Waals surface area contributed by atoms with Crippen LogP contribution in [0.2, 0.25) is 0 Å². The van der Waals surface area contributed by atoms with Gasteiger partial charge in [0.25, 0.3) is 5.91 Å². The fourth-order valence-electron chi connectivity index (χ4n) is 3.89. The minimum atomic E-state index is -3.93. The molecule has 0 radical (unpaired) electrons. The number of carbonyl (C=O) groups is 1. The number of nitrogens with zero attached hydrogens (tertiary/aromatic N) is 3. The molecule has 1 aliphatic heterocycles. The number of fused-ring (bicyclic) bond motifs is 1. The van der Waals surface area contributed by atoms with Crippen molar-refractivity contribution in [3.8, 4) is 0 Å². The standard InChI is InChI=1S/C21H22FN3O3S2/c1-13-12-14(2)23-20-18(13)15(3)19(29-20)21(26)24-8-10-25(11-9-24)30(27,28)17-7-5-4-6-16(17)22/h4-7,12H,8-11H2,1-3H3. The number of halogens is 1. The van der Waals surface area contributed by atoms with Crippen LogP contribution < -0.4 is 0 Å². The van der Waals surface area contributed by atoms with Crippen LogP contribution in [-0.2, 0) is 10.0 Å². The number of hydrogen-bond acceptors (Lipinski definition) is 5. The number of sulfonamides is 1. The Morgan fingerprint density at radius 1 is 1.10 bits per heavy atom. The van der Waals surface area contributed by atoms with E-state index in [-0.39, 0.29) is 37.0 Å². The Kier molecular flexibility index (Phi) is 5.37. The highest BCUT2D eigenvalue weighted by atomic mass is 32.2. The number of thiophene rings is 1. The first-order valence-electron chi connectivity index (χ1n) is 9.61. The van der Waals surface area contributed by atoms with E-state index < -0.39 is 15.8 Å². The second kappa shape index (κ2) is 7.72. The molecule has 4 rings (SSSR count). The van der Waals surface area contributed by atoms with Crippen LogP contribution in [0.3, 0.4) is 0 Å². The van der Waals surface area contributed by atoms with Gasteiger partial charge in [0.15, 0.2) is 0 Å². The average molecular weight is 448 g/mol. The molecule has 0 spiro atoms. The molecule has 1 aliphatic rings. The van der Waals surface area contributed by atoms with E-state index in [1.165, 1.54) is 33.8 Å². The van der Waals surface area contributed by atoms with E-state index in [0.717, 1.165) is 33.1 Å². The van der Waals surface area contributed by atoms with Gasteiger partial charge in [0.1, 0.15) is 15.5 Å². The van der Waals surface area contributed by atoms with E-state index in [0.29, 0.717) is 4.88 Å². The van der Waals surface area contributed by atoms with Crippen LogP contribution in [0, 0.1) is 26.6 Å². The maximum absolute atomic E-state index is 14.0. The van der Waals surface area contributed by atoms with Crippen LogP contribution in [0.1, 0.15) is 26.5 Å². The number of pyridine rings is 1. The molecule has 0 bridgehead atoms. The first kappa shape index (κ1) is 20.9. The first-order valence-corrected chi connectivity index (χ1v) is 11.9. The molecule has 0 saturated carbocycles. The Bertz CT molecular complexity index is 1250. The summed E-state index contributed by atoms with van der Waals surface area (Å²) in [6.45, 7) is 6.63. The van der Waals surface area contributed by atoms with Crippen LogP contribution in [0.15, 0.2) is 35.2 Å². The fraction of sp³-hybridized carbons (Fsp3) is 0.333. The normalized spacial score (nSPS) is 15.7. The molecule has 1 aromatic carbocycles. The molecule has 2 aromatic heterocycles. The molecule has 6 nitrogen and oxygen atoms in total. The lowest BCUT2D eigenvalue weighted by Gasteiger charge is -2.34. The minimum absolute atomic E-state index is 0.115. The number of rotatable bonds is 3. The van der Waals surface area contributed by atoms with Gasteiger partial charge in [-0.3, -0.25) is 4.79 Å². The van der Waals surface area contributed by atoms with Crippen LogP contribution >= 0.6 is 11.3 Å². The lowest BCUT2D eigenvalue weighted by Crippen LogP contribution is -2.50. The van der Waals surface area contributed by atoms with Crippen molar-refractivity contribution >= 4 is 37.5 Å². The lowest BCUT2D eigenvalue weighted by molar-refractivity contribution is 0.0702. The van der Waals surface area contributed by atoms with Gasteiger partial charge in [-0.25, -0.2) is 17.8 Å². The largest absolute Gasteiger partial charge is 0.335 e. The zero-order valence-corrected chi connectivity index (χ0v) is 18.6. The highest BCUT2D eigenvalue weighted by molar-refractivity contribution is 7.89. The Morgan fingerprint density at radius 2 is 1.77 bits per heavy atom. The van der Waals surface area contributed by atoms with Crippen LogP contribution in [0.25, 0.3) is 10.2 Å². The highest BCUT2D eigenvalue weighted by Crippen LogP contribution is 2.33. The van der Waals surface area contributed by atoms with Crippen molar-refractivity contribution in [2.45, 2.75) is 25.7 Å². The second-order valence-electron chi connectivity index (χ2n) is 7.44. The predicted octanol–water partition coefficient (Wildman–Crippen LogP) is 3.51.